The fourth-order valence-corrected chi connectivity index (χ4v) is 3.49. The van der Waals surface area contributed by atoms with Gasteiger partial charge in [0, 0.05) is 32.5 Å². The first-order valence-corrected chi connectivity index (χ1v) is 9.33. The molecule has 27 heavy (non-hydrogen) atoms. The fraction of sp³-hybridized carbons (Fsp3) is 0.579. The molecular weight excluding hydrogens is 350 g/mol. The summed E-state index contributed by atoms with van der Waals surface area (Å²) in [5.74, 6) is 0.659. The molecule has 0 radical (unpaired) electrons. The van der Waals surface area contributed by atoms with Gasteiger partial charge in [-0.25, -0.2) is 4.79 Å². The molecule has 8 nitrogen and oxygen atoms in total. The van der Waals surface area contributed by atoms with Crippen LogP contribution in [0, 0.1) is 0 Å². The molecule has 148 valence electrons. The Morgan fingerprint density at radius 2 is 2.00 bits per heavy atom. The molecule has 2 aliphatic heterocycles. The van der Waals surface area contributed by atoms with Crippen molar-refractivity contribution in [3.63, 3.8) is 0 Å². The number of likely N-dealkylation sites (tertiary alicyclic amines) is 1. The highest BCUT2D eigenvalue weighted by molar-refractivity contribution is 5.77. The van der Waals surface area contributed by atoms with Crippen LogP contribution in [0.1, 0.15) is 19.3 Å². The normalized spacial score (nSPS) is 19.9. The third-order valence-corrected chi connectivity index (χ3v) is 5.12. The minimum Gasteiger partial charge on any atom is -0.492 e. The van der Waals surface area contributed by atoms with Gasteiger partial charge in [0.15, 0.2) is 0 Å². The topological polar surface area (TPSA) is 105 Å². The van der Waals surface area contributed by atoms with Crippen molar-refractivity contribution in [1.82, 2.24) is 9.80 Å². The van der Waals surface area contributed by atoms with Gasteiger partial charge in [-0.05, 0) is 12.1 Å². The monoisotopic (exact) mass is 377 g/mol. The van der Waals surface area contributed by atoms with Gasteiger partial charge in [-0.15, -0.1) is 0 Å². The summed E-state index contributed by atoms with van der Waals surface area (Å²) in [6.45, 7) is 2.46. The van der Waals surface area contributed by atoms with Crippen LogP contribution in [0.5, 0.6) is 5.75 Å². The van der Waals surface area contributed by atoms with Crippen molar-refractivity contribution < 1.29 is 24.2 Å². The molecule has 0 aliphatic carbocycles. The second kappa shape index (κ2) is 8.58. The molecule has 1 atom stereocenters. The first kappa shape index (κ1) is 19.4. The lowest BCUT2D eigenvalue weighted by atomic mass is 9.91. The van der Waals surface area contributed by atoms with E-state index >= 15 is 0 Å². The summed E-state index contributed by atoms with van der Waals surface area (Å²) >= 11 is 0. The maximum atomic E-state index is 12.2. The van der Waals surface area contributed by atoms with Crippen LogP contribution < -0.4 is 10.5 Å². The number of para-hydroxylation sites is 1. The molecule has 8 heteroatoms. The number of nitrogens with two attached hydrogens (primary N) is 1. The van der Waals surface area contributed by atoms with Crippen molar-refractivity contribution in [1.29, 1.82) is 0 Å². The molecule has 2 aliphatic rings. The third-order valence-electron chi connectivity index (χ3n) is 5.12. The highest BCUT2D eigenvalue weighted by Gasteiger charge is 2.47. The Labute approximate surface area is 158 Å². The van der Waals surface area contributed by atoms with E-state index < -0.39 is 11.7 Å². The molecule has 2 saturated heterocycles. The van der Waals surface area contributed by atoms with Crippen molar-refractivity contribution >= 4 is 12.0 Å². The van der Waals surface area contributed by atoms with Crippen molar-refractivity contribution in [3.05, 3.63) is 30.3 Å². The number of carbonyl (C=O) groups excluding carboxylic acids is 2. The van der Waals surface area contributed by atoms with Crippen LogP contribution in [-0.4, -0.2) is 77.9 Å². The highest BCUT2D eigenvalue weighted by atomic mass is 16.6. The number of hydrogen-bond donors (Lipinski definition) is 2. The number of carbonyl (C=O) groups is 2. The maximum absolute atomic E-state index is 12.2. The van der Waals surface area contributed by atoms with E-state index in [-0.39, 0.29) is 25.0 Å². The highest BCUT2D eigenvalue weighted by Crippen LogP contribution is 2.33. The number of nitrogens with zero attached hydrogens (tertiary/aromatic N) is 2. The van der Waals surface area contributed by atoms with Gasteiger partial charge >= 0.3 is 6.09 Å². The van der Waals surface area contributed by atoms with E-state index in [9.17, 15) is 14.7 Å². The number of piperidine rings is 1. The number of amides is 2. The Morgan fingerprint density at radius 3 is 2.67 bits per heavy atom. The zero-order valence-corrected chi connectivity index (χ0v) is 15.4. The molecule has 1 spiro atoms. The molecule has 3 rings (SSSR count). The van der Waals surface area contributed by atoms with Gasteiger partial charge in [0.05, 0.1) is 25.6 Å². The zero-order valence-electron chi connectivity index (χ0n) is 15.4. The number of rotatable bonds is 7. The molecule has 3 N–H and O–H groups in total. The Bertz CT molecular complexity index is 646. The third kappa shape index (κ3) is 4.90. The minimum atomic E-state index is -0.808. The van der Waals surface area contributed by atoms with E-state index in [1.165, 1.54) is 0 Å². The van der Waals surface area contributed by atoms with E-state index in [0.29, 0.717) is 45.6 Å². The molecule has 2 heterocycles. The summed E-state index contributed by atoms with van der Waals surface area (Å²) in [5, 5.41) is 9.54. The average Bonchev–Trinajstić information content (AvgIpc) is 2.98. The van der Waals surface area contributed by atoms with E-state index in [1.807, 2.05) is 30.3 Å². The van der Waals surface area contributed by atoms with E-state index in [1.54, 1.807) is 9.80 Å². The number of aliphatic hydroxyl groups is 1. The van der Waals surface area contributed by atoms with Crippen LogP contribution in [0.4, 0.5) is 4.79 Å². The summed E-state index contributed by atoms with van der Waals surface area (Å²) in [4.78, 5) is 27.7. The maximum Gasteiger partial charge on any atom is 0.410 e. The lowest BCUT2D eigenvalue weighted by molar-refractivity contribution is -0.136. The first-order chi connectivity index (χ1) is 13.0. The van der Waals surface area contributed by atoms with E-state index in [2.05, 4.69) is 0 Å². The standard InChI is InChI=1S/C19H27N3O5/c20-13-15(23)12-17(24)21-8-6-19(7-9-21)14-22(18(25)27-19)10-11-26-16-4-2-1-3-5-16/h1-5,15,23H,6-14,20H2. The van der Waals surface area contributed by atoms with Gasteiger partial charge in [-0.2, -0.15) is 0 Å². The van der Waals surface area contributed by atoms with Gasteiger partial charge in [0.25, 0.3) is 0 Å². The predicted molar refractivity (Wildman–Crippen MR) is 98.2 cm³/mol. The van der Waals surface area contributed by atoms with Crippen LogP contribution in [0.25, 0.3) is 0 Å². The van der Waals surface area contributed by atoms with E-state index in [0.717, 1.165) is 5.75 Å². The lowest BCUT2D eigenvalue weighted by Gasteiger charge is -2.37. The Kier molecular flexibility index (Phi) is 6.18. The molecule has 1 aromatic carbocycles. The van der Waals surface area contributed by atoms with Crippen LogP contribution in [0.15, 0.2) is 30.3 Å². The Hall–Kier alpha value is -2.32. The van der Waals surface area contributed by atoms with Crippen molar-refractivity contribution in [2.75, 3.05) is 39.3 Å². The van der Waals surface area contributed by atoms with Gasteiger partial charge in [0.2, 0.25) is 5.91 Å². The summed E-state index contributed by atoms with van der Waals surface area (Å²) in [7, 11) is 0. The molecule has 0 aromatic heterocycles. The van der Waals surface area contributed by atoms with Crippen LogP contribution in [0.3, 0.4) is 0 Å². The Morgan fingerprint density at radius 1 is 1.30 bits per heavy atom. The van der Waals surface area contributed by atoms with Gasteiger partial charge < -0.3 is 30.1 Å². The average molecular weight is 377 g/mol. The molecular formula is C19H27N3O5. The van der Waals surface area contributed by atoms with Crippen LogP contribution in [0.2, 0.25) is 0 Å². The second-order valence-corrected chi connectivity index (χ2v) is 7.11. The molecule has 1 aromatic rings. The van der Waals surface area contributed by atoms with Crippen molar-refractivity contribution in [3.8, 4) is 5.75 Å². The van der Waals surface area contributed by atoms with Gasteiger partial charge in [-0.1, -0.05) is 18.2 Å². The Balaban J connectivity index is 1.45. The lowest BCUT2D eigenvalue weighted by Crippen LogP contribution is -2.49. The summed E-state index contributed by atoms with van der Waals surface area (Å²) in [6, 6.07) is 9.46. The van der Waals surface area contributed by atoms with Gasteiger partial charge in [0.1, 0.15) is 18.0 Å². The number of hydrogen-bond acceptors (Lipinski definition) is 6. The molecule has 1 unspecified atom stereocenters. The van der Waals surface area contributed by atoms with Gasteiger partial charge in [-0.3, -0.25) is 4.79 Å². The molecule has 0 bridgehead atoms. The molecule has 2 fully saturated rings. The minimum absolute atomic E-state index is 0.0340. The van der Waals surface area contributed by atoms with Crippen molar-refractivity contribution in [2.45, 2.75) is 31.0 Å². The van der Waals surface area contributed by atoms with Crippen molar-refractivity contribution in [2.24, 2.45) is 5.73 Å². The van der Waals surface area contributed by atoms with Crippen LogP contribution >= 0.6 is 0 Å². The predicted octanol–water partition coefficient (Wildman–Crippen LogP) is 0.588. The largest absolute Gasteiger partial charge is 0.492 e. The smallest absolute Gasteiger partial charge is 0.410 e. The molecule has 2 amide bonds. The number of ether oxygens (including phenoxy) is 2. The van der Waals surface area contributed by atoms with E-state index in [4.69, 9.17) is 15.2 Å². The summed E-state index contributed by atoms with van der Waals surface area (Å²) < 4.78 is 11.3. The number of aliphatic hydroxyl groups excluding tert-OH is 1. The fourth-order valence-electron chi connectivity index (χ4n) is 3.49. The summed E-state index contributed by atoms with van der Waals surface area (Å²) in [5.41, 5.74) is 4.82. The van der Waals surface area contributed by atoms with Crippen LogP contribution in [-0.2, 0) is 9.53 Å². The molecule has 0 saturated carbocycles. The zero-order chi connectivity index (χ0) is 19.3. The summed E-state index contributed by atoms with van der Waals surface area (Å²) in [6.07, 6.45) is 0.0906. The number of benzene rings is 1. The quantitative estimate of drug-likeness (QED) is 0.720. The second-order valence-electron chi connectivity index (χ2n) is 7.11. The SMILES string of the molecule is NCC(O)CC(=O)N1CCC2(CC1)CN(CCOc1ccccc1)C(=O)O2. The first-order valence-electron chi connectivity index (χ1n) is 9.33.